The quantitative estimate of drug-likeness (QED) is 0.0855. The van der Waals surface area contributed by atoms with E-state index in [1.807, 2.05) is 24.3 Å². The lowest BCUT2D eigenvalue weighted by Gasteiger charge is -2.25. The molecule has 0 aliphatic rings. The summed E-state index contributed by atoms with van der Waals surface area (Å²) in [5, 5.41) is 38.5. The predicted molar refractivity (Wildman–Crippen MR) is 178 cm³/mol. The Morgan fingerprint density at radius 3 is 1.92 bits per heavy atom. The molecule has 16 heteroatoms. The van der Waals surface area contributed by atoms with Crippen molar-refractivity contribution in [3.63, 3.8) is 0 Å². The molecular formula is C33H29N3O12S. The van der Waals surface area contributed by atoms with Crippen molar-refractivity contribution in [1.82, 2.24) is 4.98 Å². The topological polar surface area (TPSA) is 217 Å². The number of aliphatic carboxylic acids is 4. The molecule has 0 spiro atoms. The number of thiazole rings is 1. The summed E-state index contributed by atoms with van der Waals surface area (Å²) in [7, 11) is 0. The third kappa shape index (κ3) is 8.41. The van der Waals surface area contributed by atoms with E-state index in [1.54, 1.807) is 31.2 Å². The van der Waals surface area contributed by atoms with Crippen molar-refractivity contribution in [2.75, 3.05) is 49.2 Å². The largest absolute Gasteiger partial charge is 0.488 e. The highest BCUT2D eigenvalue weighted by Gasteiger charge is 2.23. The molecule has 0 aliphatic carbocycles. The molecule has 254 valence electrons. The van der Waals surface area contributed by atoms with Crippen LogP contribution >= 0.6 is 11.3 Å². The van der Waals surface area contributed by atoms with E-state index in [2.05, 4.69) is 4.98 Å². The molecule has 0 aliphatic heterocycles. The second-order valence-electron chi connectivity index (χ2n) is 10.7. The molecule has 0 saturated carbocycles. The van der Waals surface area contributed by atoms with Gasteiger partial charge in [0.2, 0.25) is 0 Å². The average molecular weight is 692 g/mol. The van der Waals surface area contributed by atoms with E-state index in [0.29, 0.717) is 15.9 Å². The first kappa shape index (κ1) is 34.2. The molecule has 0 bridgehead atoms. The van der Waals surface area contributed by atoms with Gasteiger partial charge in [0.25, 0.3) is 0 Å². The Bertz CT molecular complexity index is 2060. The second kappa shape index (κ2) is 14.7. The lowest BCUT2D eigenvalue weighted by atomic mass is 10.1. The van der Waals surface area contributed by atoms with E-state index >= 15 is 0 Å². The number of nitrogens with zero attached hydrogens (tertiary/aromatic N) is 3. The van der Waals surface area contributed by atoms with Gasteiger partial charge in [0, 0.05) is 11.5 Å². The monoisotopic (exact) mass is 691 g/mol. The highest BCUT2D eigenvalue weighted by Crippen LogP contribution is 2.36. The van der Waals surface area contributed by atoms with Crippen LogP contribution in [0.1, 0.15) is 5.56 Å². The van der Waals surface area contributed by atoms with Crippen LogP contribution in [0.2, 0.25) is 0 Å². The smallest absolute Gasteiger partial charge is 0.346 e. The fourth-order valence-electron chi connectivity index (χ4n) is 5.04. The summed E-state index contributed by atoms with van der Waals surface area (Å²) in [6.45, 7) is -1.15. The summed E-state index contributed by atoms with van der Waals surface area (Å²) in [5.41, 5.74) is 1.25. The van der Waals surface area contributed by atoms with Crippen LogP contribution in [0.3, 0.4) is 0 Å². The Morgan fingerprint density at radius 2 is 1.33 bits per heavy atom. The van der Waals surface area contributed by atoms with E-state index in [9.17, 15) is 44.4 Å². The highest BCUT2D eigenvalue weighted by atomic mass is 32.1. The Balaban J connectivity index is 1.48. The van der Waals surface area contributed by atoms with Crippen LogP contribution in [0.15, 0.2) is 69.9 Å². The van der Waals surface area contributed by atoms with Crippen LogP contribution in [-0.4, -0.2) is 88.7 Å². The predicted octanol–water partition coefficient (Wildman–Crippen LogP) is 3.79. The molecule has 0 amide bonds. The van der Waals surface area contributed by atoms with Crippen molar-refractivity contribution in [1.29, 1.82) is 0 Å². The van der Waals surface area contributed by atoms with Crippen molar-refractivity contribution in [3.05, 3.63) is 76.6 Å². The number of carboxylic acid groups (broad SMARTS) is 4. The van der Waals surface area contributed by atoms with Gasteiger partial charge in [-0.1, -0.05) is 18.2 Å². The summed E-state index contributed by atoms with van der Waals surface area (Å²) in [6.07, 6.45) is 0. The first-order chi connectivity index (χ1) is 23.4. The maximum Gasteiger partial charge on any atom is 0.346 e. The van der Waals surface area contributed by atoms with Gasteiger partial charge in [-0.2, -0.15) is 0 Å². The molecule has 2 heterocycles. The van der Waals surface area contributed by atoms with E-state index in [0.717, 1.165) is 20.1 Å². The number of hydrogen-bond donors (Lipinski definition) is 4. The zero-order valence-electron chi connectivity index (χ0n) is 25.8. The number of benzene rings is 3. The molecule has 15 nitrogen and oxygen atoms in total. The number of aromatic nitrogens is 1. The first-order valence-corrected chi connectivity index (χ1v) is 15.4. The molecule has 5 rings (SSSR count). The minimum Gasteiger partial charge on any atom is -0.488 e. The lowest BCUT2D eigenvalue weighted by molar-refractivity contribution is -0.138. The fourth-order valence-corrected chi connectivity index (χ4v) is 6.01. The van der Waals surface area contributed by atoms with Gasteiger partial charge in [-0.3, -0.25) is 19.2 Å². The average Bonchev–Trinajstić information content (AvgIpc) is 3.45. The minimum absolute atomic E-state index is 0.0264. The summed E-state index contributed by atoms with van der Waals surface area (Å²) >= 11 is 1.30. The number of hydrogen-bond acceptors (Lipinski definition) is 12. The number of carbonyl (C=O) groups is 4. The third-order valence-electron chi connectivity index (χ3n) is 7.04. The number of para-hydroxylation sites is 1. The second-order valence-corrected chi connectivity index (χ2v) is 11.8. The Hall–Kier alpha value is -6.16. The van der Waals surface area contributed by atoms with Gasteiger partial charge in [0.1, 0.15) is 61.5 Å². The van der Waals surface area contributed by atoms with E-state index in [4.69, 9.17) is 13.9 Å². The number of fused-ring (bicyclic) bond motifs is 2. The summed E-state index contributed by atoms with van der Waals surface area (Å²) in [5.74, 6) is -4.86. The minimum atomic E-state index is -1.32. The van der Waals surface area contributed by atoms with Gasteiger partial charge in [-0.25, -0.2) is 9.78 Å². The molecule has 5 aromatic rings. The summed E-state index contributed by atoms with van der Waals surface area (Å²) < 4.78 is 18.4. The van der Waals surface area contributed by atoms with Crippen LogP contribution in [0.4, 0.5) is 11.4 Å². The van der Waals surface area contributed by atoms with Gasteiger partial charge in [-0.15, -0.1) is 11.3 Å². The molecule has 4 N–H and O–H groups in total. The van der Waals surface area contributed by atoms with Crippen LogP contribution in [0.25, 0.3) is 31.8 Å². The molecule has 0 radical (unpaired) electrons. The van der Waals surface area contributed by atoms with Gasteiger partial charge >= 0.3 is 29.5 Å². The van der Waals surface area contributed by atoms with Gasteiger partial charge in [0.05, 0.1) is 27.2 Å². The van der Waals surface area contributed by atoms with Gasteiger partial charge < -0.3 is 44.1 Å². The van der Waals surface area contributed by atoms with Crippen molar-refractivity contribution in [2.45, 2.75) is 6.92 Å². The molecule has 0 fully saturated rings. The van der Waals surface area contributed by atoms with E-state index in [-0.39, 0.29) is 47.2 Å². The van der Waals surface area contributed by atoms with Crippen LogP contribution in [0.5, 0.6) is 11.5 Å². The number of rotatable bonds is 16. The van der Waals surface area contributed by atoms with Gasteiger partial charge in [-0.05, 0) is 48.9 Å². The summed E-state index contributed by atoms with van der Waals surface area (Å²) in [6, 6.07) is 16.6. The zero-order chi connectivity index (χ0) is 35.2. The molecule has 49 heavy (non-hydrogen) atoms. The van der Waals surface area contributed by atoms with Crippen molar-refractivity contribution in [3.8, 4) is 22.1 Å². The van der Waals surface area contributed by atoms with Crippen molar-refractivity contribution >= 4 is 67.8 Å². The molecule has 0 saturated heterocycles. The van der Waals surface area contributed by atoms with E-state index < -0.39 is 55.7 Å². The third-order valence-corrected chi connectivity index (χ3v) is 8.11. The van der Waals surface area contributed by atoms with Crippen molar-refractivity contribution in [2.24, 2.45) is 0 Å². The molecule has 0 unspecified atom stereocenters. The standard InChI is InChI=1S/C33H29N3O12S/c1-18-6-7-22(35(14-28(37)38)15-29(39)40)25(10-18)46-8-9-47-26-12-19-11-20(32-34-21-4-2-3-5-27(21)49-32)33(45)48-24(19)13-23(26)36(16-30(41)42)17-31(43)44/h2-7,10-13H,8-9,14-17H2,1H3,(H,37,38)(H,39,40)(H,41,42)(H,43,44). The number of carboxylic acids is 4. The maximum atomic E-state index is 13.1. The molecule has 2 aromatic heterocycles. The Labute approximate surface area is 280 Å². The number of aryl methyl sites for hydroxylation is 1. The number of anilines is 2. The molecular weight excluding hydrogens is 662 g/mol. The maximum absolute atomic E-state index is 13.1. The first-order valence-electron chi connectivity index (χ1n) is 14.6. The normalized spacial score (nSPS) is 11.0. The van der Waals surface area contributed by atoms with Crippen molar-refractivity contribution < 1.29 is 53.5 Å². The lowest BCUT2D eigenvalue weighted by Crippen LogP contribution is -2.35. The SMILES string of the molecule is Cc1ccc(N(CC(=O)O)CC(=O)O)c(OCCOc2cc3cc(-c4nc5ccccc5s4)c(=O)oc3cc2N(CC(=O)O)CC(=O)O)c1. The van der Waals surface area contributed by atoms with Crippen LogP contribution in [0, 0.1) is 6.92 Å². The highest BCUT2D eigenvalue weighted by molar-refractivity contribution is 7.21. The van der Waals surface area contributed by atoms with E-state index in [1.165, 1.54) is 23.5 Å². The Morgan fingerprint density at radius 1 is 0.755 bits per heavy atom. The number of ether oxygens (including phenoxy) is 2. The zero-order valence-corrected chi connectivity index (χ0v) is 26.6. The van der Waals surface area contributed by atoms with Crippen LogP contribution in [-0.2, 0) is 19.2 Å². The van der Waals surface area contributed by atoms with Gasteiger partial charge in [0.15, 0.2) is 0 Å². The summed E-state index contributed by atoms with van der Waals surface area (Å²) in [4.78, 5) is 66.0. The fraction of sp³-hybridized carbons (Fsp3) is 0.212. The Kier molecular flexibility index (Phi) is 10.3. The molecule has 0 atom stereocenters. The van der Waals surface area contributed by atoms with Crippen LogP contribution < -0.4 is 24.9 Å². The molecule has 3 aromatic carbocycles.